The quantitative estimate of drug-likeness (QED) is 0.824. The Labute approximate surface area is 102 Å². The van der Waals surface area contributed by atoms with Gasteiger partial charge in [0, 0.05) is 11.4 Å². The number of hydrogen-bond acceptors (Lipinski definition) is 2. The molecule has 1 atom stereocenters. The maximum Gasteiger partial charge on any atom is 0.0557 e. The molecule has 0 spiro atoms. The van der Waals surface area contributed by atoms with E-state index in [9.17, 15) is 0 Å². The number of rotatable bonds is 2. The van der Waals surface area contributed by atoms with Crippen LogP contribution in [0.15, 0.2) is 11.4 Å². The molecule has 2 aliphatic rings. The first kappa shape index (κ1) is 10.8. The van der Waals surface area contributed by atoms with E-state index >= 15 is 0 Å². The van der Waals surface area contributed by atoms with Gasteiger partial charge in [0.25, 0.3) is 0 Å². The van der Waals surface area contributed by atoms with Crippen molar-refractivity contribution < 1.29 is 0 Å². The van der Waals surface area contributed by atoms with Gasteiger partial charge in [-0.2, -0.15) is 0 Å². The molecule has 1 N–H and O–H groups in total. The van der Waals surface area contributed by atoms with Crippen LogP contribution in [0.1, 0.15) is 49.5 Å². The number of hydrogen-bond donors (Lipinski definition) is 1. The van der Waals surface area contributed by atoms with Crippen LogP contribution in [0.4, 0.5) is 0 Å². The molecule has 1 saturated carbocycles. The van der Waals surface area contributed by atoms with E-state index in [1.54, 1.807) is 10.4 Å². The molecule has 1 aliphatic heterocycles. The van der Waals surface area contributed by atoms with Crippen molar-refractivity contribution in [3.8, 4) is 0 Å². The average molecular weight is 235 g/mol. The molecule has 1 unspecified atom stereocenters. The Morgan fingerprint density at radius 2 is 2.25 bits per heavy atom. The standard InChI is InChI=1S/C14H21NS/c1-2-14(12-5-3-4-6-12)13-11(7-9-15-14)8-10-16-13/h8,10,12,15H,2-7,9H2,1H3. The third-order valence-electron chi connectivity index (χ3n) is 4.60. The fraction of sp³-hybridized carbons (Fsp3) is 0.714. The zero-order chi connectivity index (χ0) is 11.0. The highest BCUT2D eigenvalue weighted by molar-refractivity contribution is 7.10. The summed E-state index contributed by atoms with van der Waals surface area (Å²) in [6, 6.07) is 2.35. The SMILES string of the molecule is CCC1(C2CCCC2)NCCc2ccsc21. The van der Waals surface area contributed by atoms with Gasteiger partial charge in [-0.1, -0.05) is 19.8 Å². The van der Waals surface area contributed by atoms with Gasteiger partial charge in [0.15, 0.2) is 0 Å². The molecule has 88 valence electrons. The molecule has 1 fully saturated rings. The summed E-state index contributed by atoms with van der Waals surface area (Å²) < 4.78 is 0. The monoisotopic (exact) mass is 235 g/mol. The molecule has 1 aliphatic carbocycles. The van der Waals surface area contributed by atoms with Crippen LogP contribution in [0.5, 0.6) is 0 Å². The second-order valence-corrected chi connectivity index (χ2v) is 6.17. The first-order valence-corrected chi connectivity index (χ1v) is 7.56. The van der Waals surface area contributed by atoms with Crippen molar-refractivity contribution in [1.82, 2.24) is 5.32 Å². The summed E-state index contributed by atoms with van der Waals surface area (Å²) in [5.41, 5.74) is 1.95. The average Bonchev–Trinajstić information content (AvgIpc) is 2.99. The summed E-state index contributed by atoms with van der Waals surface area (Å²) in [5.74, 6) is 0.884. The Kier molecular flexibility index (Phi) is 2.80. The van der Waals surface area contributed by atoms with Crippen LogP contribution in [-0.4, -0.2) is 6.54 Å². The van der Waals surface area contributed by atoms with Gasteiger partial charge in [0.2, 0.25) is 0 Å². The summed E-state index contributed by atoms with van der Waals surface area (Å²) >= 11 is 1.98. The van der Waals surface area contributed by atoms with E-state index in [1.807, 2.05) is 11.3 Å². The van der Waals surface area contributed by atoms with Gasteiger partial charge in [-0.05, 0) is 48.6 Å². The van der Waals surface area contributed by atoms with Crippen LogP contribution in [-0.2, 0) is 12.0 Å². The zero-order valence-electron chi connectivity index (χ0n) is 10.1. The Balaban J connectivity index is 2.02. The molecule has 1 aromatic heterocycles. The topological polar surface area (TPSA) is 12.0 Å². The minimum Gasteiger partial charge on any atom is -0.306 e. The van der Waals surface area contributed by atoms with E-state index in [1.165, 1.54) is 45.1 Å². The Hall–Kier alpha value is -0.340. The lowest BCUT2D eigenvalue weighted by Crippen LogP contribution is -2.50. The summed E-state index contributed by atoms with van der Waals surface area (Å²) in [6.45, 7) is 3.54. The Morgan fingerprint density at radius 1 is 1.44 bits per heavy atom. The molecule has 1 nitrogen and oxygen atoms in total. The van der Waals surface area contributed by atoms with E-state index in [0.29, 0.717) is 5.54 Å². The van der Waals surface area contributed by atoms with Crippen molar-refractivity contribution in [3.63, 3.8) is 0 Å². The highest BCUT2D eigenvalue weighted by Gasteiger charge is 2.43. The molecule has 0 bridgehead atoms. The number of fused-ring (bicyclic) bond motifs is 1. The molecular formula is C14H21NS. The molecule has 3 rings (SSSR count). The highest BCUT2D eigenvalue weighted by Crippen LogP contribution is 2.47. The van der Waals surface area contributed by atoms with Crippen molar-refractivity contribution in [2.45, 2.75) is 51.0 Å². The molecule has 2 heterocycles. The summed E-state index contributed by atoms with van der Waals surface area (Å²) in [7, 11) is 0. The molecule has 2 heteroatoms. The van der Waals surface area contributed by atoms with Crippen molar-refractivity contribution in [1.29, 1.82) is 0 Å². The smallest absolute Gasteiger partial charge is 0.0557 e. The Bertz CT molecular complexity index is 365. The highest BCUT2D eigenvalue weighted by atomic mass is 32.1. The van der Waals surface area contributed by atoms with Gasteiger partial charge < -0.3 is 5.32 Å². The molecule has 0 amide bonds. The third-order valence-corrected chi connectivity index (χ3v) is 5.73. The minimum atomic E-state index is 0.332. The van der Waals surface area contributed by atoms with E-state index in [2.05, 4.69) is 23.7 Å². The van der Waals surface area contributed by atoms with Crippen molar-refractivity contribution >= 4 is 11.3 Å². The fourth-order valence-electron chi connectivity index (χ4n) is 3.75. The summed E-state index contributed by atoms with van der Waals surface area (Å²) in [6.07, 6.45) is 8.22. The first-order valence-electron chi connectivity index (χ1n) is 6.68. The van der Waals surface area contributed by atoms with Crippen LogP contribution < -0.4 is 5.32 Å². The van der Waals surface area contributed by atoms with E-state index in [4.69, 9.17) is 0 Å². The summed E-state index contributed by atoms with van der Waals surface area (Å²) in [5, 5.41) is 6.17. The first-order chi connectivity index (χ1) is 7.87. The third kappa shape index (κ3) is 1.46. The van der Waals surface area contributed by atoms with Crippen LogP contribution in [0, 0.1) is 5.92 Å². The lowest BCUT2D eigenvalue weighted by Gasteiger charge is -2.42. The molecular weight excluding hydrogens is 214 g/mol. The molecule has 1 aromatic rings. The summed E-state index contributed by atoms with van der Waals surface area (Å²) in [4.78, 5) is 1.66. The van der Waals surface area contributed by atoms with Gasteiger partial charge in [-0.3, -0.25) is 0 Å². The molecule has 0 saturated heterocycles. The van der Waals surface area contributed by atoms with Crippen molar-refractivity contribution in [2.24, 2.45) is 5.92 Å². The Morgan fingerprint density at radius 3 is 3.00 bits per heavy atom. The maximum absolute atomic E-state index is 3.88. The van der Waals surface area contributed by atoms with Crippen molar-refractivity contribution in [3.05, 3.63) is 21.9 Å². The van der Waals surface area contributed by atoms with Crippen LogP contribution >= 0.6 is 11.3 Å². The van der Waals surface area contributed by atoms with Gasteiger partial charge in [0.1, 0.15) is 0 Å². The van der Waals surface area contributed by atoms with Gasteiger partial charge in [-0.15, -0.1) is 11.3 Å². The maximum atomic E-state index is 3.88. The largest absolute Gasteiger partial charge is 0.306 e. The van der Waals surface area contributed by atoms with Crippen LogP contribution in [0.2, 0.25) is 0 Å². The van der Waals surface area contributed by atoms with Crippen molar-refractivity contribution in [2.75, 3.05) is 6.54 Å². The molecule has 0 aromatic carbocycles. The van der Waals surface area contributed by atoms with E-state index < -0.39 is 0 Å². The predicted molar refractivity (Wildman–Crippen MR) is 70.0 cm³/mol. The predicted octanol–water partition coefficient (Wildman–Crippen LogP) is 3.69. The zero-order valence-corrected chi connectivity index (χ0v) is 10.9. The van der Waals surface area contributed by atoms with E-state index in [0.717, 1.165) is 5.92 Å². The van der Waals surface area contributed by atoms with Crippen LogP contribution in [0.25, 0.3) is 0 Å². The van der Waals surface area contributed by atoms with Gasteiger partial charge in [-0.25, -0.2) is 0 Å². The van der Waals surface area contributed by atoms with Crippen LogP contribution in [0.3, 0.4) is 0 Å². The second kappa shape index (κ2) is 4.15. The van der Waals surface area contributed by atoms with Gasteiger partial charge >= 0.3 is 0 Å². The minimum absolute atomic E-state index is 0.332. The number of thiophene rings is 1. The molecule has 0 radical (unpaired) electrons. The number of nitrogens with one attached hydrogen (secondary N) is 1. The lowest BCUT2D eigenvalue weighted by molar-refractivity contribution is 0.197. The second-order valence-electron chi connectivity index (χ2n) is 5.26. The van der Waals surface area contributed by atoms with E-state index in [-0.39, 0.29) is 0 Å². The van der Waals surface area contributed by atoms with Gasteiger partial charge in [0.05, 0.1) is 5.54 Å². The lowest BCUT2D eigenvalue weighted by atomic mass is 9.75. The molecule has 16 heavy (non-hydrogen) atoms. The fourth-order valence-corrected chi connectivity index (χ4v) is 5.03. The normalized spacial score (nSPS) is 30.6.